The standard InChI is InChI=1S/C26H28N4S/c1-18-6-5-9-24(30-18)26(27)23(17-29-21-7-3-4-8-21)20-14-15-28-25(16-20)19-10-12-22(31-2)13-11-19/h5-6,9-17,21H,3-4,7-8,27H2,1-2H3. The second kappa shape index (κ2) is 9.92. The highest BCUT2D eigenvalue weighted by Crippen LogP contribution is 2.27. The number of allylic oxidation sites excluding steroid dienone is 1. The van der Waals surface area contributed by atoms with E-state index in [9.17, 15) is 0 Å². The highest BCUT2D eigenvalue weighted by atomic mass is 32.2. The van der Waals surface area contributed by atoms with Gasteiger partial charge in [0.05, 0.1) is 17.1 Å². The molecule has 0 amide bonds. The molecule has 1 aliphatic rings. The van der Waals surface area contributed by atoms with Crippen molar-refractivity contribution in [1.29, 1.82) is 0 Å². The van der Waals surface area contributed by atoms with Crippen molar-refractivity contribution in [1.82, 2.24) is 9.97 Å². The second-order valence-corrected chi connectivity index (χ2v) is 8.75. The van der Waals surface area contributed by atoms with Gasteiger partial charge < -0.3 is 5.73 Å². The molecule has 2 N–H and O–H groups in total. The average molecular weight is 429 g/mol. The molecule has 3 aromatic rings. The molecular weight excluding hydrogens is 400 g/mol. The molecule has 0 radical (unpaired) electrons. The Morgan fingerprint density at radius 3 is 2.58 bits per heavy atom. The quantitative estimate of drug-likeness (QED) is 0.385. The van der Waals surface area contributed by atoms with E-state index in [0.29, 0.717) is 11.7 Å². The van der Waals surface area contributed by atoms with Gasteiger partial charge in [0.1, 0.15) is 0 Å². The highest BCUT2D eigenvalue weighted by Gasteiger charge is 2.15. The van der Waals surface area contributed by atoms with Crippen LogP contribution in [0, 0.1) is 6.92 Å². The summed E-state index contributed by atoms with van der Waals surface area (Å²) in [4.78, 5) is 15.4. The minimum Gasteiger partial charge on any atom is -0.396 e. The molecule has 158 valence electrons. The van der Waals surface area contributed by atoms with Crippen LogP contribution in [0.1, 0.15) is 42.6 Å². The van der Waals surface area contributed by atoms with Gasteiger partial charge in [-0.25, -0.2) is 0 Å². The molecule has 1 saturated carbocycles. The Bertz CT molecular complexity index is 1100. The van der Waals surface area contributed by atoms with Gasteiger partial charge in [-0.2, -0.15) is 0 Å². The molecule has 1 aliphatic carbocycles. The predicted molar refractivity (Wildman–Crippen MR) is 132 cm³/mol. The second-order valence-electron chi connectivity index (χ2n) is 7.87. The summed E-state index contributed by atoms with van der Waals surface area (Å²) in [6, 6.07) is 18.9. The summed E-state index contributed by atoms with van der Waals surface area (Å²) in [5, 5.41) is 0. The van der Waals surface area contributed by atoms with Crippen LogP contribution in [0.15, 0.2) is 70.7 Å². The minimum absolute atomic E-state index is 0.383. The molecule has 0 bridgehead atoms. The van der Waals surface area contributed by atoms with Gasteiger partial charge in [0.15, 0.2) is 0 Å². The number of thioether (sulfide) groups is 1. The number of nitrogens with zero attached hydrogens (tertiary/aromatic N) is 3. The van der Waals surface area contributed by atoms with E-state index in [0.717, 1.165) is 46.6 Å². The van der Waals surface area contributed by atoms with Gasteiger partial charge in [0.2, 0.25) is 0 Å². The van der Waals surface area contributed by atoms with Crippen molar-refractivity contribution in [3.63, 3.8) is 0 Å². The van der Waals surface area contributed by atoms with Crippen LogP contribution < -0.4 is 5.73 Å². The Kier molecular flexibility index (Phi) is 6.82. The molecule has 4 nitrogen and oxygen atoms in total. The summed E-state index contributed by atoms with van der Waals surface area (Å²) in [7, 11) is 0. The molecule has 4 rings (SSSR count). The van der Waals surface area contributed by atoms with Crippen LogP contribution in [-0.4, -0.2) is 28.5 Å². The van der Waals surface area contributed by atoms with Gasteiger partial charge in [-0.3, -0.25) is 15.0 Å². The Labute approximate surface area is 188 Å². The maximum absolute atomic E-state index is 6.65. The third kappa shape index (κ3) is 5.23. The van der Waals surface area contributed by atoms with Crippen molar-refractivity contribution in [2.24, 2.45) is 10.7 Å². The molecule has 0 aliphatic heterocycles. The lowest BCUT2D eigenvalue weighted by Gasteiger charge is -2.12. The summed E-state index contributed by atoms with van der Waals surface area (Å²) in [6.45, 7) is 1.98. The SMILES string of the molecule is CSc1ccc(-c2cc(C(C=NC3CCCC3)=C(N)c3cccc(C)n3)ccn2)cc1. The van der Waals surface area contributed by atoms with Crippen molar-refractivity contribution in [3.8, 4) is 11.3 Å². The normalized spacial score (nSPS) is 15.4. The number of hydrogen-bond acceptors (Lipinski definition) is 5. The molecular formula is C26H28N4S. The van der Waals surface area contributed by atoms with E-state index < -0.39 is 0 Å². The van der Waals surface area contributed by atoms with Gasteiger partial charge in [-0.05, 0) is 68.0 Å². The van der Waals surface area contributed by atoms with Crippen molar-refractivity contribution < 1.29 is 0 Å². The van der Waals surface area contributed by atoms with Crippen LogP contribution >= 0.6 is 11.8 Å². The highest BCUT2D eigenvalue weighted by molar-refractivity contribution is 7.98. The van der Waals surface area contributed by atoms with Crippen molar-refractivity contribution in [2.45, 2.75) is 43.5 Å². The smallest absolute Gasteiger partial charge is 0.0869 e. The van der Waals surface area contributed by atoms with Gasteiger partial charge >= 0.3 is 0 Å². The lowest BCUT2D eigenvalue weighted by atomic mass is 10.0. The first kappa shape index (κ1) is 21.3. The largest absolute Gasteiger partial charge is 0.396 e. The fraction of sp³-hybridized carbons (Fsp3) is 0.269. The van der Waals surface area contributed by atoms with E-state index in [4.69, 9.17) is 10.7 Å². The van der Waals surface area contributed by atoms with Crippen LogP contribution in [0.3, 0.4) is 0 Å². The topological polar surface area (TPSA) is 64.2 Å². The Balaban J connectivity index is 1.76. The van der Waals surface area contributed by atoms with Crippen molar-refractivity contribution >= 4 is 29.2 Å². The number of aryl methyl sites for hydroxylation is 1. The van der Waals surface area contributed by atoms with Crippen LogP contribution in [0.25, 0.3) is 22.5 Å². The third-order valence-electron chi connectivity index (χ3n) is 5.65. The summed E-state index contributed by atoms with van der Waals surface area (Å²) < 4.78 is 0. The zero-order valence-corrected chi connectivity index (χ0v) is 18.9. The van der Waals surface area contributed by atoms with E-state index in [1.165, 1.54) is 17.7 Å². The lowest BCUT2D eigenvalue weighted by Crippen LogP contribution is -2.07. The summed E-state index contributed by atoms with van der Waals surface area (Å²) in [5.41, 5.74) is 12.9. The van der Waals surface area contributed by atoms with Crippen LogP contribution in [0.4, 0.5) is 0 Å². The molecule has 2 aromatic heterocycles. The first-order valence-electron chi connectivity index (χ1n) is 10.7. The van der Waals surface area contributed by atoms with Gasteiger partial charge in [0, 0.05) is 40.2 Å². The molecule has 0 unspecified atom stereocenters. The Morgan fingerprint density at radius 1 is 1.10 bits per heavy atom. The first-order valence-corrected chi connectivity index (χ1v) is 11.9. The molecule has 1 aromatic carbocycles. The number of pyridine rings is 2. The van der Waals surface area contributed by atoms with E-state index in [1.807, 2.05) is 43.6 Å². The predicted octanol–water partition coefficient (Wildman–Crippen LogP) is 6.01. The average Bonchev–Trinajstić information content (AvgIpc) is 3.33. The van der Waals surface area contributed by atoms with E-state index >= 15 is 0 Å². The summed E-state index contributed by atoms with van der Waals surface area (Å²) in [6.07, 6.45) is 10.7. The number of rotatable bonds is 6. The Morgan fingerprint density at radius 2 is 1.87 bits per heavy atom. The number of aromatic nitrogens is 2. The van der Waals surface area contributed by atoms with E-state index in [2.05, 4.69) is 46.6 Å². The molecule has 5 heteroatoms. The van der Waals surface area contributed by atoms with Gasteiger partial charge in [-0.15, -0.1) is 11.8 Å². The van der Waals surface area contributed by atoms with Crippen LogP contribution in [0.2, 0.25) is 0 Å². The number of nitrogens with two attached hydrogens (primary N) is 1. The number of benzene rings is 1. The van der Waals surface area contributed by atoms with Crippen molar-refractivity contribution in [2.75, 3.05) is 6.26 Å². The molecule has 0 spiro atoms. The fourth-order valence-corrected chi connectivity index (χ4v) is 4.29. The maximum atomic E-state index is 6.65. The maximum Gasteiger partial charge on any atom is 0.0869 e. The molecule has 1 fully saturated rings. The van der Waals surface area contributed by atoms with Gasteiger partial charge in [-0.1, -0.05) is 31.0 Å². The van der Waals surface area contributed by atoms with Crippen LogP contribution in [0.5, 0.6) is 0 Å². The summed E-state index contributed by atoms with van der Waals surface area (Å²) >= 11 is 1.73. The van der Waals surface area contributed by atoms with Crippen molar-refractivity contribution in [3.05, 3.63) is 77.7 Å². The minimum atomic E-state index is 0.383. The number of hydrogen-bond donors (Lipinski definition) is 1. The molecule has 0 atom stereocenters. The summed E-state index contributed by atoms with van der Waals surface area (Å²) in [5.74, 6) is 0. The molecule has 2 heterocycles. The number of aliphatic imine (C=N–C) groups is 1. The van der Waals surface area contributed by atoms with E-state index in [1.54, 1.807) is 11.8 Å². The monoisotopic (exact) mass is 428 g/mol. The van der Waals surface area contributed by atoms with E-state index in [-0.39, 0.29) is 0 Å². The lowest BCUT2D eigenvalue weighted by molar-refractivity contribution is 0.711. The van der Waals surface area contributed by atoms with Gasteiger partial charge in [0.25, 0.3) is 0 Å². The zero-order chi connectivity index (χ0) is 21.6. The zero-order valence-electron chi connectivity index (χ0n) is 18.1. The first-order chi connectivity index (χ1) is 15.1. The van der Waals surface area contributed by atoms with Crippen LogP contribution in [-0.2, 0) is 0 Å². The Hall–Kier alpha value is -2.92. The molecule has 31 heavy (non-hydrogen) atoms. The molecule has 0 saturated heterocycles. The fourth-order valence-electron chi connectivity index (χ4n) is 3.88. The third-order valence-corrected chi connectivity index (χ3v) is 6.39.